The van der Waals surface area contributed by atoms with Gasteiger partial charge in [-0.05, 0) is 38.7 Å². The molecule has 1 heterocycles. The normalized spacial score (nSPS) is 21.2. The zero-order valence-electron chi connectivity index (χ0n) is 13.5. The van der Waals surface area contributed by atoms with Crippen molar-refractivity contribution >= 4 is 0 Å². The van der Waals surface area contributed by atoms with Crippen LogP contribution in [0.5, 0.6) is 0 Å². The van der Waals surface area contributed by atoms with E-state index in [1.165, 1.54) is 12.0 Å². The minimum atomic E-state index is -0.237. The first kappa shape index (κ1) is 16.5. The van der Waals surface area contributed by atoms with Gasteiger partial charge >= 0.3 is 0 Å². The highest BCUT2D eigenvalue weighted by molar-refractivity contribution is 5.13. The van der Waals surface area contributed by atoms with Crippen molar-refractivity contribution in [1.82, 2.24) is 0 Å². The maximum absolute atomic E-state index is 6.14. The molecule has 0 aromatic heterocycles. The summed E-state index contributed by atoms with van der Waals surface area (Å²) in [5.41, 5.74) is 0.970. The van der Waals surface area contributed by atoms with Gasteiger partial charge in [-0.25, -0.2) is 0 Å². The molecule has 2 atom stereocenters. The number of benzene rings is 1. The highest BCUT2D eigenvalue weighted by Gasteiger charge is 2.31. The minimum Gasteiger partial charge on any atom is -0.376 e. The quantitative estimate of drug-likeness (QED) is 0.755. The molecule has 2 rings (SSSR count). The van der Waals surface area contributed by atoms with E-state index in [4.69, 9.17) is 14.2 Å². The number of hydrogen-bond acceptors (Lipinski definition) is 3. The van der Waals surface area contributed by atoms with Crippen LogP contribution in [-0.4, -0.2) is 25.1 Å². The lowest BCUT2D eigenvalue weighted by atomic mass is 9.93. The van der Waals surface area contributed by atoms with Crippen LogP contribution in [0.4, 0.5) is 0 Å². The molecule has 0 bridgehead atoms. The SMILES string of the molecule is C[C@@H](COCc1ccccc1)C(C)(C)O[C@@H]1CCCCO1. The predicted molar refractivity (Wildman–Crippen MR) is 84.0 cm³/mol. The number of ether oxygens (including phenoxy) is 3. The topological polar surface area (TPSA) is 27.7 Å². The van der Waals surface area contributed by atoms with E-state index in [2.05, 4.69) is 32.9 Å². The Hall–Kier alpha value is -0.900. The third-order valence-corrected chi connectivity index (χ3v) is 4.24. The Morgan fingerprint density at radius 2 is 2.00 bits per heavy atom. The van der Waals surface area contributed by atoms with Crippen molar-refractivity contribution in [3.63, 3.8) is 0 Å². The molecule has 21 heavy (non-hydrogen) atoms. The van der Waals surface area contributed by atoms with Gasteiger partial charge in [0, 0.05) is 12.5 Å². The summed E-state index contributed by atoms with van der Waals surface area (Å²) >= 11 is 0. The average Bonchev–Trinajstić information content (AvgIpc) is 2.49. The van der Waals surface area contributed by atoms with Gasteiger partial charge in [0.1, 0.15) is 0 Å². The molecule has 1 aromatic carbocycles. The van der Waals surface area contributed by atoms with Crippen molar-refractivity contribution in [2.24, 2.45) is 5.92 Å². The molecule has 118 valence electrons. The second-order valence-electron chi connectivity index (χ2n) is 6.42. The van der Waals surface area contributed by atoms with E-state index in [0.29, 0.717) is 19.1 Å². The van der Waals surface area contributed by atoms with Gasteiger partial charge in [-0.2, -0.15) is 0 Å². The first-order valence-electron chi connectivity index (χ1n) is 7.99. The van der Waals surface area contributed by atoms with Crippen LogP contribution in [0.3, 0.4) is 0 Å². The second-order valence-corrected chi connectivity index (χ2v) is 6.42. The molecule has 0 unspecified atom stereocenters. The Morgan fingerprint density at radius 1 is 1.24 bits per heavy atom. The van der Waals surface area contributed by atoms with E-state index < -0.39 is 0 Å². The van der Waals surface area contributed by atoms with Crippen LogP contribution >= 0.6 is 0 Å². The van der Waals surface area contributed by atoms with E-state index >= 15 is 0 Å². The van der Waals surface area contributed by atoms with Crippen molar-refractivity contribution in [2.45, 2.75) is 58.5 Å². The Bertz CT molecular complexity index is 396. The van der Waals surface area contributed by atoms with Crippen LogP contribution in [0.25, 0.3) is 0 Å². The minimum absolute atomic E-state index is 0.0506. The highest BCUT2D eigenvalue weighted by Crippen LogP contribution is 2.27. The standard InChI is InChI=1S/C18H28O3/c1-15(13-19-14-16-9-5-4-6-10-16)18(2,3)21-17-11-7-8-12-20-17/h4-6,9-10,15,17H,7-8,11-14H2,1-3H3/t15-,17+/m0/s1. The summed E-state index contributed by atoms with van der Waals surface area (Å²) in [6, 6.07) is 10.3. The summed E-state index contributed by atoms with van der Waals surface area (Å²) in [6.45, 7) is 8.59. The molecule has 1 aliphatic rings. The van der Waals surface area contributed by atoms with E-state index in [9.17, 15) is 0 Å². The summed E-state index contributed by atoms with van der Waals surface area (Å²) in [5, 5.41) is 0. The van der Waals surface area contributed by atoms with Crippen molar-refractivity contribution in [2.75, 3.05) is 13.2 Å². The molecular formula is C18H28O3. The fourth-order valence-electron chi connectivity index (χ4n) is 2.39. The molecule has 3 nitrogen and oxygen atoms in total. The van der Waals surface area contributed by atoms with Gasteiger partial charge in [0.05, 0.1) is 18.8 Å². The van der Waals surface area contributed by atoms with E-state index in [-0.39, 0.29) is 11.9 Å². The van der Waals surface area contributed by atoms with E-state index in [1.807, 2.05) is 18.2 Å². The summed E-state index contributed by atoms with van der Waals surface area (Å²) in [7, 11) is 0. The zero-order chi connectivity index (χ0) is 15.1. The lowest BCUT2D eigenvalue weighted by Gasteiger charge is -2.36. The second kappa shape index (κ2) is 7.92. The molecule has 3 heteroatoms. The first-order chi connectivity index (χ1) is 10.1. The smallest absolute Gasteiger partial charge is 0.158 e. The Labute approximate surface area is 128 Å². The zero-order valence-corrected chi connectivity index (χ0v) is 13.5. The van der Waals surface area contributed by atoms with Gasteiger partial charge in [0.2, 0.25) is 0 Å². The van der Waals surface area contributed by atoms with Gasteiger partial charge in [-0.15, -0.1) is 0 Å². The molecule has 0 saturated carbocycles. The van der Waals surface area contributed by atoms with Crippen molar-refractivity contribution < 1.29 is 14.2 Å². The van der Waals surface area contributed by atoms with Crippen LogP contribution < -0.4 is 0 Å². The number of hydrogen-bond donors (Lipinski definition) is 0. The number of rotatable bonds is 7. The summed E-state index contributed by atoms with van der Waals surface area (Å²) in [4.78, 5) is 0. The Morgan fingerprint density at radius 3 is 2.67 bits per heavy atom. The fraction of sp³-hybridized carbons (Fsp3) is 0.667. The average molecular weight is 292 g/mol. The highest BCUT2D eigenvalue weighted by atomic mass is 16.7. The first-order valence-corrected chi connectivity index (χ1v) is 7.99. The molecular weight excluding hydrogens is 264 g/mol. The van der Waals surface area contributed by atoms with E-state index in [0.717, 1.165) is 19.4 Å². The van der Waals surface area contributed by atoms with Gasteiger partial charge < -0.3 is 14.2 Å². The molecule has 1 fully saturated rings. The van der Waals surface area contributed by atoms with Gasteiger partial charge in [-0.1, -0.05) is 37.3 Å². The largest absolute Gasteiger partial charge is 0.376 e. The summed E-state index contributed by atoms with van der Waals surface area (Å²) in [5.74, 6) is 0.312. The molecule has 1 aliphatic heterocycles. The Kier molecular flexibility index (Phi) is 6.22. The Balaban J connectivity index is 1.73. The molecule has 1 aromatic rings. The molecule has 0 radical (unpaired) electrons. The molecule has 0 spiro atoms. The van der Waals surface area contributed by atoms with Crippen LogP contribution in [0.15, 0.2) is 30.3 Å². The van der Waals surface area contributed by atoms with Crippen molar-refractivity contribution in [3.05, 3.63) is 35.9 Å². The summed E-state index contributed by atoms with van der Waals surface area (Å²) < 4.78 is 17.7. The third-order valence-electron chi connectivity index (χ3n) is 4.24. The molecule has 0 aliphatic carbocycles. The monoisotopic (exact) mass is 292 g/mol. The van der Waals surface area contributed by atoms with Gasteiger partial charge in [0.15, 0.2) is 6.29 Å². The maximum Gasteiger partial charge on any atom is 0.158 e. The van der Waals surface area contributed by atoms with Crippen LogP contribution in [-0.2, 0) is 20.8 Å². The van der Waals surface area contributed by atoms with Crippen LogP contribution in [0.2, 0.25) is 0 Å². The van der Waals surface area contributed by atoms with Crippen LogP contribution in [0.1, 0.15) is 45.6 Å². The lowest BCUT2D eigenvalue weighted by Crippen LogP contribution is -2.40. The van der Waals surface area contributed by atoms with E-state index in [1.54, 1.807) is 0 Å². The molecule has 0 N–H and O–H groups in total. The molecule has 0 amide bonds. The summed E-state index contributed by atoms with van der Waals surface area (Å²) in [6.07, 6.45) is 3.29. The van der Waals surface area contributed by atoms with Crippen LogP contribution in [0, 0.1) is 5.92 Å². The lowest BCUT2D eigenvalue weighted by molar-refractivity contribution is -0.231. The predicted octanol–water partition coefficient (Wildman–Crippen LogP) is 4.16. The van der Waals surface area contributed by atoms with Crippen molar-refractivity contribution in [1.29, 1.82) is 0 Å². The molecule has 1 saturated heterocycles. The van der Waals surface area contributed by atoms with Gasteiger partial charge in [0.25, 0.3) is 0 Å². The maximum atomic E-state index is 6.14. The third kappa shape index (κ3) is 5.42. The van der Waals surface area contributed by atoms with Gasteiger partial charge in [-0.3, -0.25) is 0 Å². The fourth-order valence-corrected chi connectivity index (χ4v) is 2.39. The van der Waals surface area contributed by atoms with Crippen molar-refractivity contribution in [3.8, 4) is 0 Å².